The molecule has 0 saturated carbocycles. The Morgan fingerprint density at radius 3 is 2.53 bits per heavy atom. The normalized spacial score (nSPS) is 12.5. The fourth-order valence-corrected chi connectivity index (χ4v) is 3.88. The molecule has 0 aliphatic heterocycles. The van der Waals surface area contributed by atoms with Gasteiger partial charge in [0.15, 0.2) is 5.76 Å². The predicted octanol–water partition coefficient (Wildman–Crippen LogP) is 4.74. The second-order valence-corrected chi connectivity index (χ2v) is 7.70. The van der Waals surface area contributed by atoms with E-state index in [2.05, 4.69) is 15.5 Å². The molecule has 0 bridgehead atoms. The smallest absolute Gasteiger partial charge is 0.416 e. The summed E-state index contributed by atoms with van der Waals surface area (Å²) >= 11 is 1.01. The third-order valence-corrected chi connectivity index (χ3v) is 5.64. The minimum Gasteiger partial charge on any atom is -0.461 e. The van der Waals surface area contributed by atoms with E-state index in [9.17, 15) is 18.0 Å². The van der Waals surface area contributed by atoms with Gasteiger partial charge in [0.25, 0.3) is 0 Å². The van der Waals surface area contributed by atoms with Gasteiger partial charge in [0.2, 0.25) is 16.9 Å². The van der Waals surface area contributed by atoms with E-state index in [1.807, 2.05) is 0 Å². The first-order valence-electron chi connectivity index (χ1n) is 9.27. The third-order valence-electron chi connectivity index (χ3n) is 4.43. The lowest BCUT2D eigenvalue weighted by molar-refractivity contribution is -0.137. The van der Waals surface area contributed by atoms with Gasteiger partial charge in [-0.2, -0.15) is 13.2 Å². The number of halogens is 3. The Labute approximate surface area is 184 Å². The van der Waals surface area contributed by atoms with E-state index in [4.69, 9.17) is 10.3 Å². The maximum Gasteiger partial charge on any atom is 0.416 e. The summed E-state index contributed by atoms with van der Waals surface area (Å²) in [4.78, 5) is 13.1. The standard InChI is InChI=1S/C21H16F3N5O2S/c22-21(23,24)14-8-4-9-15(12-14)26-19(30)17(13-6-2-1-3-7-13)32-20-28-27-18(29(20)25)16-10-5-11-31-16/h1-12,17H,25H2,(H,26,30)/t17-/m0/s1. The van der Waals surface area contributed by atoms with Gasteiger partial charge in [0.1, 0.15) is 5.25 Å². The Bertz CT molecular complexity index is 1210. The molecule has 0 fully saturated rings. The summed E-state index contributed by atoms with van der Waals surface area (Å²) in [7, 11) is 0. The summed E-state index contributed by atoms with van der Waals surface area (Å²) in [5.74, 6) is 6.22. The number of benzene rings is 2. The minimum absolute atomic E-state index is 0.0249. The number of hydrogen-bond acceptors (Lipinski definition) is 6. The van der Waals surface area contributed by atoms with Crippen LogP contribution < -0.4 is 11.2 Å². The summed E-state index contributed by atoms with van der Waals surface area (Å²) in [5.41, 5.74) is -0.217. The minimum atomic E-state index is -4.52. The van der Waals surface area contributed by atoms with Crippen LogP contribution in [0.2, 0.25) is 0 Å². The second-order valence-electron chi connectivity index (χ2n) is 6.63. The van der Waals surface area contributed by atoms with Crippen LogP contribution in [0.15, 0.2) is 82.6 Å². The van der Waals surface area contributed by atoms with E-state index in [0.717, 1.165) is 23.9 Å². The number of furan rings is 1. The molecule has 1 amide bonds. The number of amides is 1. The molecule has 3 N–H and O–H groups in total. The van der Waals surface area contributed by atoms with Crippen molar-refractivity contribution in [1.82, 2.24) is 14.9 Å². The first kappa shape index (κ1) is 21.5. The summed E-state index contributed by atoms with van der Waals surface area (Å²) in [6.07, 6.45) is -3.06. The number of nitrogens with one attached hydrogen (secondary N) is 1. The average molecular weight is 459 g/mol. The Morgan fingerprint density at radius 2 is 1.84 bits per heavy atom. The number of thioether (sulfide) groups is 1. The molecular weight excluding hydrogens is 443 g/mol. The molecule has 0 aliphatic carbocycles. The molecule has 1 atom stereocenters. The number of nitrogens with two attached hydrogens (primary N) is 1. The van der Waals surface area contributed by atoms with E-state index in [1.165, 1.54) is 23.1 Å². The molecule has 0 aliphatic rings. The van der Waals surface area contributed by atoms with Crippen molar-refractivity contribution in [2.75, 3.05) is 11.2 Å². The van der Waals surface area contributed by atoms with Gasteiger partial charge in [0, 0.05) is 5.69 Å². The molecule has 11 heteroatoms. The number of rotatable bonds is 6. The van der Waals surface area contributed by atoms with Gasteiger partial charge in [-0.15, -0.1) is 10.2 Å². The van der Waals surface area contributed by atoms with Crippen molar-refractivity contribution in [2.45, 2.75) is 16.6 Å². The molecule has 4 aromatic rings. The molecule has 4 rings (SSSR count). The van der Waals surface area contributed by atoms with Crippen LogP contribution in [0, 0.1) is 0 Å². The Hall–Kier alpha value is -3.73. The molecule has 0 radical (unpaired) electrons. The second kappa shape index (κ2) is 8.79. The number of nitrogens with zero attached hydrogens (tertiary/aromatic N) is 3. The van der Waals surface area contributed by atoms with E-state index in [0.29, 0.717) is 11.3 Å². The lowest BCUT2D eigenvalue weighted by Crippen LogP contribution is -2.21. The van der Waals surface area contributed by atoms with E-state index in [1.54, 1.807) is 42.5 Å². The van der Waals surface area contributed by atoms with Crippen LogP contribution >= 0.6 is 11.8 Å². The van der Waals surface area contributed by atoms with Crippen molar-refractivity contribution in [2.24, 2.45) is 0 Å². The van der Waals surface area contributed by atoms with Crippen LogP contribution in [-0.4, -0.2) is 20.8 Å². The quantitative estimate of drug-likeness (QED) is 0.319. The molecule has 32 heavy (non-hydrogen) atoms. The van der Waals surface area contributed by atoms with Crippen molar-refractivity contribution < 1.29 is 22.4 Å². The SMILES string of the molecule is Nn1c(S[C@H](C(=O)Nc2cccc(C(F)(F)F)c2)c2ccccc2)nnc1-c1ccco1. The van der Waals surface area contributed by atoms with Gasteiger partial charge in [-0.1, -0.05) is 48.2 Å². The highest BCUT2D eigenvalue weighted by Gasteiger charge is 2.31. The number of nitrogen functional groups attached to an aromatic ring is 1. The van der Waals surface area contributed by atoms with E-state index < -0.39 is 22.9 Å². The zero-order valence-electron chi connectivity index (χ0n) is 16.3. The van der Waals surface area contributed by atoms with Crippen LogP contribution in [0.4, 0.5) is 18.9 Å². The number of anilines is 1. The lowest BCUT2D eigenvalue weighted by Gasteiger charge is -2.17. The molecule has 2 aromatic carbocycles. The van der Waals surface area contributed by atoms with Crippen LogP contribution in [0.5, 0.6) is 0 Å². The highest BCUT2D eigenvalue weighted by molar-refractivity contribution is 8.00. The molecule has 0 spiro atoms. The number of carbonyl (C=O) groups excluding carboxylic acids is 1. The largest absolute Gasteiger partial charge is 0.461 e. The van der Waals surface area contributed by atoms with E-state index >= 15 is 0 Å². The Morgan fingerprint density at radius 1 is 1.06 bits per heavy atom. The Balaban J connectivity index is 1.62. The van der Waals surface area contributed by atoms with Crippen LogP contribution in [0.3, 0.4) is 0 Å². The van der Waals surface area contributed by atoms with Gasteiger partial charge in [-0.25, -0.2) is 4.68 Å². The van der Waals surface area contributed by atoms with Crippen LogP contribution in [0.1, 0.15) is 16.4 Å². The number of alkyl halides is 3. The number of hydrogen-bond donors (Lipinski definition) is 2. The van der Waals surface area contributed by atoms with Crippen molar-refractivity contribution in [1.29, 1.82) is 0 Å². The van der Waals surface area contributed by atoms with E-state index in [-0.39, 0.29) is 16.7 Å². The molecule has 164 valence electrons. The molecule has 0 unspecified atom stereocenters. The van der Waals surface area contributed by atoms with Gasteiger partial charge in [-0.3, -0.25) is 4.79 Å². The highest BCUT2D eigenvalue weighted by Crippen LogP contribution is 2.36. The maximum absolute atomic E-state index is 13.1. The number of aromatic nitrogens is 3. The summed E-state index contributed by atoms with van der Waals surface area (Å²) in [6, 6.07) is 16.5. The predicted molar refractivity (Wildman–Crippen MR) is 113 cm³/mol. The van der Waals surface area contributed by atoms with Crippen molar-refractivity contribution in [3.63, 3.8) is 0 Å². The average Bonchev–Trinajstić information content (AvgIpc) is 3.42. The monoisotopic (exact) mass is 459 g/mol. The summed E-state index contributed by atoms with van der Waals surface area (Å²) < 4.78 is 45.5. The van der Waals surface area contributed by atoms with Crippen LogP contribution in [-0.2, 0) is 11.0 Å². The fraction of sp³-hybridized carbons (Fsp3) is 0.0952. The highest BCUT2D eigenvalue weighted by atomic mass is 32.2. The lowest BCUT2D eigenvalue weighted by atomic mass is 10.1. The molecule has 0 saturated heterocycles. The fourth-order valence-electron chi connectivity index (χ4n) is 2.92. The zero-order chi connectivity index (χ0) is 22.7. The summed E-state index contributed by atoms with van der Waals surface area (Å²) in [5, 5.41) is 9.96. The molecule has 2 heterocycles. The Kier molecular flexibility index (Phi) is 5.91. The van der Waals surface area contributed by atoms with Gasteiger partial charge >= 0.3 is 6.18 Å². The van der Waals surface area contributed by atoms with Gasteiger partial charge < -0.3 is 15.6 Å². The number of carbonyl (C=O) groups is 1. The first-order chi connectivity index (χ1) is 15.3. The third kappa shape index (κ3) is 4.62. The zero-order valence-corrected chi connectivity index (χ0v) is 17.1. The maximum atomic E-state index is 13.1. The van der Waals surface area contributed by atoms with Gasteiger partial charge in [-0.05, 0) is 35.9 Å². The van der Waals surface area contributed by atoms with Crippen molar-refractivity contribution >= 4 is 23.4 Å². The van der Waals surface area contributed by atoms with Crippen molar-refractivity contribution in [3.05, 3.63) is 84.1 Å². The van der Waals surface area contributed by atoms with Gasteiger partial charge in [0.05, 0.1) is 11.8 Å². The molecular formula is C21H16F3N5O2S. The van der Waals surface area contributed by atoms with Crippen LogP contribution in [0.25, 0.3) is 11.6 Å². The molecule has 7 nitrogen and oxygen atoms in total. The summed E-state index contributed by atoms with van der Waals surface area (Å²) in [6.45, 7) is 0. The topological polar surface area (TPSA) is 99.0 Å². The first-order valence-corrected chi connectivity index (χ1v) is 10.1. The van der Waals surface area contributed by atoms with Crippen molar-refractivity contribution in [3.8, 4) is 11.6 Å². The molecule has 2 aromatic heterocycles.